The largest absolute Gasteiger partial charge is 0.493 e. The second kappa shape index (κ2) is 9.30. The van der Waals surface area contributed by atoms with E-state index < -0.39 is 0 Å². The highest BCUT2D eigenvalue weighted by Gasteiger charge is 2.25. The molecule has 9 heteroatoms. The summed E-state index contributed by atoms with van der Waals surface area (Å²) < 4.78 is 12.6. The molecule has 0 radical (unpaired) electrons. The molecule has 4 rings (SSSR count). The molecule has 3 aromatic rings. The van der Waals surface area contributed by atoms with E-state index in [0.29, 0.717) is 34.5 Å². The van der Waals surface area contributed by atoms with Crippen LogP contribution in [0.3, 0.4) is 0 Å². The summed E-state index contributed by atoms with van der Waals surface area (Å²) in [7, 11) is 3.20. The molecular formula is C22H29N5O3S. The van der Waals surface area contributed by atoms with Crippen LogP contribution in [0.2, 0.25) is 0 Å². The zero-order valence-corrected chi connectivity index (χ0v) is 19.3. The molecule has 8 nitrogen and oxygen atoms in total. The normalized spacial score (nSPS) is 15.9. The van der Waals surface area contributed by atoms with Crippen LogP contribution in [0.25, 0.3) is 16.6 Å². The van der Waals surface area contributed by atoms with Gasteiger partial charge in [0.25, 0.3) is 0 Å². The highest BCUT2D eigenvalue weighted by Crippen LogP contribution is 2.35. The summed E-state index contributed by atoms with van der Waals surface area (Å²) in [4.78, 5) is 22.4. The summed E-state index contributed by atoms with van der Waals surface area (Å²) in [6.07, 6.45) is 6.46. The Morgan fingerprint density at radius 1 is 1.19 bits per heavy atom. The first-order chi connectivity index (χ1) is 15.0. The van der Waals surface area contributed by atoms with E-state index >= 15 is 0 Å². The minimum absolute atomic E-state index is 0.0681. The molecule has 0 unspecified atom stereocenters. The van der Waals surface area contributed by atoms with Crippen molar-refractivity contribution in [1.29, 1.82) is 0 Å². The molecule has 0 spiro atoms. The number of rotatable bonds is 7. The standard InChI is InChI=1S/C22H29N5O3S/c1-5-19(21(28)24-14-9-7-6-8-10-14)31-22-25-16-12-18(30-4)17(29-3)11-15(16)20-23-13(2)26-27(20)22/h11-12,14,19H,5-10H2,1-4H3,(H,24,28)/t19-/m1/s1. The van der Waals surface area contributed by atoms with Crippen molar-refractivity contribution in [3.05, 3.63) is 18.0 Å². The summed E-state index contributed by atoms with van der Waals surface area (Å²) in [5.74, 6) is 1.92. The van der Waals surface area contributed by atoms with Crippen molar-refractivity contribution in [3.8, 4) is 11.5 Å². The van der Waals surface area contributed by atoms with E-state index in [-0.39, 0.29) is 17.2 Å². The summed E-state index contributed by atoms with van der Waals surface area (Å²) in [6, 6.07) is 3.99. The Kier molecular flexibility index (Phi) is 6.50. The average Bonchev–Trinajstić information content (AvgIpc) is 3.18. The monoisotopic (exact) mass is 443 g/mol. The van der Waals surface area contributed by atoms with E-state index in [4.69, 9.17) is 14.5 Å². The second-order valence-corrected chi connectivity index (χ2v) is 9.04. The van der Waals surface area contributed by atoms with Crippen LogP contribution in [0, 0.1) is 6.92 Å². The third kappa shape index (κ3) is 4.42. The lowest BCUT2D eigenvalue weighted by Gasteiger charge is -2.25. The molecule has 1 aromatic carbocycles. The van der Waals surface area contributed by atoms with Crippen LogP contribution in [0.5, 0.6) is 11.5 Å². The smallest absolute Gasteiger partial charge is 0.233 e. The predicted octanol–water partition coefficient (Wildman–Crippen LogP) is 3.92. The molecule has 1 saturated carbocycles. The number of aryl methyl sites for hydroxylation is 1. The maximum atomic E-state index is 13.0. The zero-order chi connectivity index (χ0) is 22.0. The minimum Gasteiger partial charge on any atom is -0.493 e. The molecule has 0 bridgehead atoms. The van der Waals surface area contributed by atoms with Crippen LogP contribution in [0.4, 0.5) is 0 Å². The van der Waals surface area contributed by atoms with E-state index in [1.165, 1.54) is 31.0 Å². The van der Waals surface area contributed by atoms with Crippen molar-refractivity contribution in [2.45, 2.75) is 68.8 Å². The second-order valence-electron chi connectivity index (χ2n) is 7.87. The van der Waals surface area contributed by atoms with Gasteiger partial charge in [0, 0.05) is 17.5 Å². The number of nitrogens with one attached hydrogen (secondary N) is 1. The molecule has 1 aliphatic rings. The Balaban J connectivity index is 1.70. The lowest BCUT2D eigenvalue weighted by molar-refractivity contribution is -0.121. The summed E-state index contributed by atoms with van der Waals surface area (Å²) >= 11 is 1.43. The van der Waals surface area contributed by atoms with Crippen LogP contribution in [-0.4, -0.2) is 51.0 Å². The summed E-state index contributed by atoms with van der Waals surface area (Å²) in [5.41, 5.74) is 1.41. The SMILES string of the molecule is CC[C@@H](Sc1nc2cc(OC)c(OC)cc2c2nc(C)nn12)C(=O)NC1CCCCC1. The number of thioether (sulfide) groups is 1. The van der Waals surface area contributed by atoms with E-state index in [1.807, 2.05) is 26.0 Å². The number of carbonyl (C=O) groups is 1. The quantitative estimate of drug-likeness (QED) is 0.437. The van der Waals surface area contributed by atoms with Gasteiger partial charge in [-0.25, -0.2) is 9.97 Å². The Morgan fingerprint density at radius 2 is 1.90 bits per heavy atom. The zero-order valence-electron chi connectivity index (χ0n) is 18.5. The molecule has 0 aliphatic heterocycles. The van der Waals surface area contributed by atoms with E-state index in [9.17, 15) is 4.79 Å². The Hall–Kier alpha value is -2.55. The van der Waals surface area contributed by atoms with Crippen molar-refractivity contribution in [3.63, 3.8) is 0 Å². The first-order valence-electron chi connectivity index (χ1n) is 10.8. The van der Waals surface area contributed by atoms with Crippen LogP contribution in [0.1, 0.15) is 51.3 Å². The van der Waals surface area contributed by atoms with Gasteiger partial charge >= 0.3 is 0 Å². The number of fused-ring (bicyclic) bond motifs is 3. The Bertz CT molecular complexity index is 1090. The van der Waals surface area contributed by atoms with Gasteiger partial charge in [-0.2, -0.15) is 4.52 Å². The van der Waals surface area contributed by atoms with Gasteiger partial charge in [0.1, 0.15) is 5.82 Å². The summed E-state index contributed by atoms with van der Waals surface area (Å²) in [5, 5.41) is 9.00. The maximum Gasteiger partial charge on any atom is 0.233 e. The Morgan fingerprint density at radius 3 is 2.58 bits per heavy atom. The molecule has 0 saturated heterocycles. The predicted molar refractivity (Wildman–Crippen MR) is 121 cm³/mol. The maximum absolute atomic E-state index is 13.0. The number of methoxy groups -OCH3 is 2. The number of nitrogens with zero attached hydrogens (tertiary/aromatic N) is 4. The summed E-state index contributed by atoms with van der Waals surface area (Å²) in [6.45, 7) is 3.87. The molecule has 2 aromatic heterocycles. The molecule has 166 valence electrons. The number of amides is 1. The van der Waals surface area contributed by atoms with Crippen LogP contribution >= 0.6 is 11.8 Å². The topological polar surface area (TPSA) is 90.6 Å². The van der Waals surface area contributed by atoms with Gasteiger partial charge in [-0.3, -0.25) is 4.79 Å². The van der Waals surface area contributed by atoms with Crippen LogP contribution in [0.15, 0.2) is 17.3 Å². The van der Waals surface area contributed by atoms with Crippen LogP contribution < -0.4 is 14.8 Å². The average molecular weight is 444 g/mol. The van der Waals surface area contributed by atoms with Gasteiger partial charge in [-0.15, -0.1) is 5.10 Å². The highest BCUT2D eigenvalue weighted by atomic mass is 32.2. The number of aromatic nitrogens is 4. The van der Waals surface area contributed by atoms with Gasteiger partial charge in [0.05, 0.1) is 25.0 Å². The third-order valence-corrected chi connectivity index (χ3v) is 7.02. The van der Waals surface area contributed by atoms with Gasteiger partial charge < -0.3 is 14.8 Å². The van der Waals surface area contributed by atoms with Crippen molar-refractivity contribution in [2.24, 2.45) is 0 Å². The fraction of sp³-hybridized carbons (Fsp3) is 0.545. The van der Waals surface area contributed by atoms with E-state index in [2.05, 4.69) is 15.4 Å². The minimum atomic E-state index is -0.250. The molecule has 1 N–H and O–H groups in total. The number of hydrogen-bond acceptors (Lipinski definition) is 7. The van der Waals surface area contributed by atoms with Gasteiger partial charge in [-0.05, 0) is 32.3 Å². The van der Waals surface area contributed by atoms with Crippen molar-refractivity contribution in [1.82, 2.24) is 24.9 Å². The molecule has 1 amide bonds. The third-order valence-electron chi connectivity index (χ3n) is 5.72. The van der Waals surface area contributed by atoms with E-state index in [0.717, 1.165) is 23.7 Å². The number of benzene rings is 1. The molecule has 31 heavy (non-hydrogen) atoms. The first-order valence-corrected chi connectivity index (χ1v) is 11.7. The van der Waals surface area contributed by atoms with Crippen molar-refractivity contribution < 1.29 is 14.3 Å². The Labute approximate surface area is 186 Å². The lowest BCUT2D eigenvalue weighted by Crippen LogP contribution is -2.41. The number of ether oxygens (including phenoxy) is 2. The van der Waals surface area contributed by atoms with Crippen molar-refractivity contribution in [2.75, 3.05) is 14.2 Å². The molecular weight excluding hydrogens is 414 g/mol. The number of hydrogen-bond donors (Lipinski definition) is 1. The fourth-order valence-corrected chi connectivity index (χ4v) is 5.05. The highest BCUT2D eigenvalue weighted by molar-refractivity contribution is 8.00. The molecule has 1 fully saturated rings. The molecule has 1 aliphatic carbocycles. The van der Waals surface area contributed by atoms with Crippen LogP contribution in [-0.2, 0) is 4.79 Å². The molecule has 2 heterocycles. The molecule has 1 atom stereocenters. The van der Waals surface area contributed by atoms with Gasteiger partial charge in [-0.1, -0.05) is 37.9 Å². The van der Waals surface area contributed by atoms with Gasteiger partial charge in [0.2, 0.25) is 5.91 Å². The van der Waals surface area contributed by atoms with Crippen molar-refractivity contribution >= 4 is 34.2 Å². The lowest BCUT2D eigenvalue weighted by atomic mass is 9.95. The van der Waals surface area contributed by atoms with Gasteiger partial charge in [0.15, 0.2) is 22.3 Å². The van der Waals surface area contributed by atoms with E-state index in [1.54, 1.807) is 18.7 Å². The fourth-order valence-electron chi connectivity index (χ4n) is 4.08. The first kappa shape index (κ1) is 21.7. The number of carbonyl (C=O) groups excluding carboxylic acids is 1.